The first-order valence-corrected chi connectivity index (χ1v) is 10.6. The normalized spacial score (nSPS) is 13.1. The number of benzene rings is 1. The summed E-state index contributed by atoms with van der Waals surface area (Å²) in [5.41, 5.74) is 16.2. The van der Waals surface area contributed by atoms with Crippen LogP contribution >= 0.6 is 0 Å². The Morgan fingerprint density at radius 2 is 1.40 bits per heavy atom. The number of rotatable bonds is 15. The molecule has 0 aromatic heterocycles. The molecule has 0 radical (unpaired) electrons. The molecule has 0 aliphatic heterocycles. The van der Waals surface area contributed by atoms with Crippen LogP contribution in [0.15, 0.2) is 24.3 Å². The highest BCUT2D eigenvalue weighted by Gasteiger charge is 2.27. The van der Waals surface area contributed by atoms with Crippen molar-refractivity contribution < 1.29 is 39.0 Å². The fraction of sp³-hybridized carbons (Fsp3) is 0.429. The zero-order chi connectivity index (χ0) is 26.5. The topological polar surface area (TPSA) is 257 Å². The van der Waals surface area contributed by atoms with E-state index < -0.39 is 60.2 Å². The molecule has 0 spiro atoms. The van der Waals surface area contributed by atoms with Gasteiger partial charge in [0.15, 0.2) is 0 Å². The van der Waals surface area contributed by atoms with E-state index in [0.717, 1.165) is 0 Å². The summed E-state index contributed by atoms with van der Waals surface area (Å²) in [6.07, 6.45) is -0.747. The monoisotopic (exact) mass is 494 g/mol. The van der Waals surface area contributed by atoms with Crippen molar-refractivity contribution >= 4 is 35.5 Å². The van der Waals surface area contributed by atoms with Gasteiger partial charge in [-0.2, -0.15) is 0 Å². The van der Waals surface area contributed by atoms with E-state index in [1.807, 2.05) is 0 Å². The Balaban J connectivity index is 2.86. The third-order valence-corrected chi connectivity index (χ3v) is 4.78. The number of nitrogens with one attached hydrogen (secondary N) is 3. The number of carboxylic acid groups (broad SMARTS) is 1. The number of carboxylic acids is 1. The lowest BCUT2D eigenvalue weighted by Crippen LogP contribution is -2.54. The lowest BCUT2D eigenvalue weighted by Gasteiger charge is -2.22. The highest BCUT2D eigenvalue weighted by molar-refractivity contribution is 5.93. The van der Waals surface area contributed by atoms with Gasteiger partial charge in [-0.3, -0.25) is 24.0 Å². The van der Waals surface area contributed by atoms with Gasteiger partial charge in [-0.05, 0) is 30.5 Å². The van der Waals surface area contributed by atoms with Crippen LogP contribution in [0.2, 0.25) is 0 Å². The van der Waals surface area contributed by atoms with E-state index in [1.165, 1.54) is 24.3 Å². The van der Waals surface area contributed by atoms with Crippen molar-refractivity contribution in [2.45, 2.75) is 50.2 Å². The number of hydrogen-bond acceptors (Lipinski definition) is 8. The number of phenolic OH excluding ortho intramolecular Hbond substituents is 1. The number of hydrogen-bond donors (Lipinski definition) is 8. The van der Waals surface area contributed by atoms with Crippen LogP contribution in [0.3, 0.4) is 0 Å². The van der Waals surface area contributed by atoms with Gasteiger partial charge < -0.3 is 43.4 Å². The van der Waals surface area contributed by atoms with E-state index >= 15 is 0 Å². The number of phenols is 1. The van der Waals surface area contributed by atoms with Crippen LogP contribution in [0.1, 0.15) is 31.2 Å². The molecule has 11 N–H and O–H groups in total. The number of carbonyl (C=O) groups excluding carboxylic acids is 5. The number of amides is 5. The van der Waals surface area contributed by atoms with Crippen molar-refractivity contribution in [1.82, 2.24) is 16.0 Å². The zero-order valence-corrected chi connectivity index (χ0v) is 18.9. The van der Waals surface area contributed by atoms with E-state index in [4.69, 9.17) is 17.2 Å². The summed E-state index contributed by atoms with van der Waals surface area (Å²) in [5.74, 6) is -5.14. The van der Waals surface area contributed by atoms with E-state index in [1.54, 1.807) is 0 Å². The van der Waals surface area contributed by atoms with Crippen LogP contribution in [0.5, 0.6) is 5.75 Å². The van der Waals surface area contributed by atoms with Gasteiger partial charge in [0.1, 0.15) is 17.8 Å². The minimum Gasteiger partial charge on any atom is -0.508 e. The molecular weight excluding hydrogens is 464 g/mol. The molecule has 5 amide bonds. The molecule has 0 fully saturated rings. The maximum Gasteiger partial charge on any atom is 0.326 e. The Labute approximate surface area is 200 Å². The van der Waals surface area contributed by atoms with Crippen molar-refractivity contribution in [3.63, 3.8) is 0 Å². The lowest BCUT2D eigenvalue weighted by molar-refractivity contribution is -0.142. The van der Waals surface area contributed by atoms with Crippen molar-refractivity contribution in [3.05, 3.63) is 29.8 Å². The summed E-state index contributed by atoms with van der Waals surface area (Å²) >= 11 is 0. The number of aliphatic carboxylic acids is 1. The first-order chi connectivity index (χ1) is 16.4. The maximum absolute atomic E-state index is 12.8. The van der Waals surface area contributed by atoms with Gasteiger partial charge in [0.05, 0.1) is 12.6 Å². The molecule has 3 unspecified atom stereocenters. The van der Waals surface area contributed by atoms with Gasteiger partial charge in [-0.1, -0.05) is 12.1 Å². The summed E-state index contributed by atoms with van der Waals surface area (Å²) in [6.45, 7) is -0.549. The Morgan fingerprint density at radius 3 is 1.94 bits per heavy atom. The summed E-state index contributed by atoms with van der Waals surface area (Å²) in [6, 6.07) is 1.97. The predicted molar refractivity (Wildman–Crippen MR) is 121 cm³/mol. The average Bonchev–Trinajstić information content (AvgIpc) is 2.78. The average molecular weight is 495 g/mol. The molecule has 1 aromatic carbocycles. The fourth-order valence-corrected chi connectivity index (χ4v) is 2.87. The molecule has 1 rings (SSSR count). The Morgan fingerprint density at radius 1 is 0.829 bits per heavy atom. The van der Waals surface area contributed by atoms with Gasteiger partial charge in [-0.15, -0.1) is 0 Å². The molecule has 35 heavy (non-hydrogen) atoms. The zero-order valence-electron chi connectivity index (χ0n) is 18.9. The molecule has 0 bridgehead atoms. The minimum absolute atomic E-state index is 0.0173. The molecule has 14 heteroatoms. The summed E-state index contributed by atoms with van der Waals surface area (Å²) in [7, 11) is 0. The van der Waals surface area contributed by atoms with Crippen molar-refractivity contribution in [2.75, 3.05) is 6.54 Å². The van der Waals surface area contributed by atoms with Crippen molar-refractivity contribution in [2.24, 2.45) is 17.2 Å². The third kappa shape index (κ3) is 11.5. The molecule has 0 saturated carbocycles. The van der Waals surface area contributed by atoms with Crippen LogP contribution in [0, 0.1) is 0 Å². The van der Waals surface area contributed by atoms with Crippen molar-refractivity contribution in [3.8, 4) is 5.75 Å². The van der Waals surface area contributed by atoms with Gasteiger partial charge >= 0.3 is 5.97 Å². The molecule has 14 nitrogen and oxygen atoms in total. The first kappa shape index (κ1) is 28.8. The van der Waals surface area contributed by atoms with Crippen LogP contribution in [-0.2, 0) is 35.2 Å². The Kier molecular flexibility index (Phi) is 11.7. The highest BCUT2D eigenvalue weighted by Crippen LogP contribution is 2.12. The van der Waals surface area contributed by atoms with Crippen LogP contribution in [-0.4, -0.2) is 70.4 Å². The van der Waals surface area contributed by atoms with Crippen LogP contribution in [0.4, 0.5) is 0 Å². The van der Waals surface area contributed by atoms with Gasteiger partial charge in [-0.25, -0.2) is 4.79 Å². The molecule has 3 atom stereocenters. The second-order valence-corrected chi connectivity index (χ2v) is 7.72. The van der Waals surface area contributed by atoms with Gasteiger partial charge in [0, 0.05) is 19.3 Å². The fourth-order valence-electron chi connectivity index (χ4n) is 2.87. The second-order valence-electron chi connectivity index (χ2n) is 7.72. The molecule has 0 heterocycles. The number of primary amides is 2. The maximum atomic E-state index is 12.8. The summed E-state index contributed by atoms with van der Waals surface area (Å²) in [4.78, 5) is 70.4. The molecule has 1 aromatic rings. The SMILES string of the molecule is NC(=O)CCC(N)C(=O)NCC(=O)NC(Cc1ccc(O)cc1)C(=O)NC(CCC(N)=O)C(=O)O. The van der Waals surface area contributed by atoms with Gasteiger partial charge in [0.25, 0.3) is 0 Å². The molecule has 0 aliphatic carbocycles. The van der Waals surface area contributed by atoms with E-state index in [0.29, 0.717) is 5.56 Å². The minimum atomic E-state index is -1.43. The number of aromatic hydroxyl groups is 1. The lowest BCUT2D eigenvalue weighted by atomic mass is 10.0. The third-order valence-electron chi connectivity index (χ3n) is 4.78. The Bertz CT molecular complexity index is 936. The van der Waals surface area contributed by atoms with Crippen LogP contribution in [0.25, 0.3) is 0 Å². The Hall–Kier alpha value is -4.20. The van der Waals surface area contributed by atoms with Crippen molar-refractivity contribution in [1.29, 1.82) is 0 Å². The second kappa shape index (κ2) is 14.1. The highest BCUT2D eigenvalue weighted by atomic mass is 16.4. The van der Waals surface area contributed by atoms with Gasteiger partial charge in [0.2, 0.25) is 29.5 Å². The van der Waals surface area contributed by atoms with E-state index in [-0.39, 0.29) is 37.9 Å². The van der Waals surface area contributed by atoms with E-state index in [9.17, 15) is 39.0 Å². The summed E-state index contributed by atoms with van der Waals surface area (Å²) in [5, 5.41) is 25.7. The summed E-state index contributed by atoms with van der Waals surface area (Å²) < 4.78 is 0. The number of nitrogens with two attached hydrogens (primary N) is 3. The van der Waals surface area contributed by atoms with E-state index in [2.05, 4.69) is 16.0 Å². The predicted octanol–water partition coefficient (Wildman–Crippen LogP) is -3.04. The number of carbonyl (C=O) groups is 6. The first-order valence-electron chi connectivity index (χ1n) is 10.6. The molecule has 0 saturated heterocycles. The molecule has 0 aliphatic rings. The molecular formula is C21H30N6O8. The quantitative estimate of drug-likeness (QED) is 0.123. The standard InChI is InChI=1S/C21H30N6O8/c22-13(5-7-16(23)29)19(32)25-10-18(31)26-15(9-11-1-3-12(28)4-2-11)20(33)27-14(21(34)35)6-8-17(24)30/h1-4,13-15,28H,5-10,22H2,(H2,23,29)(H2,24,30)(H,25,32)(H,26,31)(H,27,33)(H,34,35). The smallest absolute Gasteiger partial charge is 0.326 e. The van der Waals surface area contributed by atoms with Crippen LogP contribution < -0.4 is 33.2 Å². The molecule has 192 valence electrons. The largest absolute Gasteiger partial charge is 0.508 e.